The van der Waals surface area contributed by atoms with E-state index in [9.17, 15) is 8.78 Å². The molecule has 0 amide bonds. The molecule has 18 heavy (non-hydrogen) atoms. The number of benzene rings is 1. The quantitative estimate of drug-likeness (QED) is 0.926. The summed E-state index contributed by atoms with van der Waals surface area (Å²) in [6.45, 7) is 4.75. The molecule has 96 valence electrons. The minimum atomic E-state index is -0.491. The van der Waals surface area contributed by atoms with E-state index in [0.29, 0.717) is 5.01 Å². The number of hydrogen-bond acceptors (Lipinski definition) is 4. The van der Waals surface area contributed by atoms with Crippen molar-refractivity contribution in [2.24, 2.45) is 0 Å². The molecule has 1 N–H and O–H groups in total. The summed E-state index contributed by atoms with van der Waals surface area (Å²) in [5.41, 5.74) is 0.155. The van der Waals surface area contributed by atoms with E-state index in [0.717, 1.165) is 29.8 Å². The van der Waals surface area contributed by atoms with Crippen LogP contribution in [0.1, 0.15) is 24.9 Å². The van der Waals surface area contributed by atoms with Gasteiger partial charge in [-0.2, -0.15) is 0 Å². The third kappa shape index (κ3) is 2.70. The Bertz CT molecular complexity index is 542. The normalized spacial score (nSPS) is 12.7. The van der Waals surface area contributed by atoms with Crippen LogP contribution in [0.2, 0.25) is 0 Å². The molecule has 1 atom stereocenters. The van der Waals surface area contributed by atoms with Crippen molar-refractivity contribution in [2.75, 3.05) is 6.54 Å². The number of aromatic nitrogens is 2. The number of hydrogen-bond donors (Lipinski definition) is 1. The largest absolute Gasteiger partial charge is 0.308 e. The standard InChI is InChI=1S/C12H13F2N3S/c1-3-15-7(2)11-16-17-12(18-11)9-6-8(13)4-5-10(9)14/h4-7,15H,3H2,1-2H3. The maximum absolute atomic E-state index is 13.6. The lowest BCUT2D eigenvalue weighted by molar-refractivity contribution is 0.589. The van der Waals surface area contributed by atoms with E-state index in [1.54, 1.807) is 0 Å². The zero-order valence-corrected chi connectivity index (χ0v) is 10.9. The molecule has 0 saturated heterocycles. The Labute approximate surface area is 108 Å². The van der Waals surface area contributed by atoms with Crippen LogP contribution in [0.4, 0.5) is 8.78 Å². The maximum Gasteiger partial charge on any atom is 0.150 e. The van der Waals surface area contributed by atoms with Crippen LogP contribution in [0.5, 0.6) is 0 Å². The van der Waals surface area contributed by atoms with Gasteiger partial charge in [0.05, 0.1) is 11.6 Å². The van der Waals surface area contributed by atoms with Crippen LogP contribution in [-0.2, 0) is 0 Å². The van der Waals surface area contributed by atoms with E-state index < -0.39 is 11.6 Å². The van der Waals surface area contributed by atoms with Crippen LogP contribution < -0.4 is 5.32 Å². The molecule has 2 rings (SSSR count). The number of nitrogens with one attached hydrogen (secondary N) is 1. The summed E-state index contributed by atoms with van der Waals surface area (Å²) in [6, 6.07) is 3.37. The van der Waals surface area contributed by atoms with Gasteiger partial charge < -0.3 is 5.32 Å². The van der Waals surface area contributed by atoms with E-state index in [2.05, 4.69) is 15.5 Å². The lowest BCUT2D eigenvalue weighted by atomic mass is 10.2. The minimum absolute atomic E-state index is 0.0536. The number of rotatable bonds is 4. The predicted octanol–water partition coefficient (Wildman–Crippen LogP) is 3.15. The fourth-order valence-corrected chi connectivity index (χ4v) is 2.46. The smallest absolute Gasteiger partial charge is 0.150 e. The summed E-state index contributed by atoms with van der Waals surface area (Å²) in [4.78, 5) is 0. The van der Waals surface area contributed by atoms with Crippen LogP contribution in [-0.4, -0.2) is 16.7 Å². The van der Waals surface area contributed by atoms with Gasteiger partial charge in [-0.15, -0.1) is 10.2 Å². The van der Waals surface area contributed by atoms with Gasteiger partial charge in [0.25, 0.3) is 0 Å². The Kier molecular flexibility index (Phi) is 3.98. The third-order valence-electron chi connectivity index (χ3n) is 2.48. The molecule has 1 aromatic carbocycles. The van der Waals surface area contributed by atoms with Crippen molar-refractivity contribution in [3.63, 3.8) is 0 Å². The van der Waals surface area contributed by atoms with Crippen molar-refractivity contribution in [1.82, 2.24) is 15.5 Å². The van der Waals surface area contributed by atoms with Crippen molar-refractivity contribution in [2.45, 2.75) is 19.9 Å². The van der Waals surface area contributed by atoms with Crippen LogP contribution >= 0.6 is 11.3 Å². The fraction of sp³-hybridized carbons (Fsp3) is 0.333. The van der Waals surface area contributed by atoms with Gasteiger partial charge in [-0.25, -0.2) is 8.78 Å². The van der Waals surface area contributed by atoms with E-state index in [4.69, 9.17) is 0 Å². The van der Waals surface area contributed by atoms with Crippen molar-refractivity contribution < 1.29 is 8.78 Å². The Hall–Kier alpha value is -1.40. The molecule has 1 heterocycles. The van der Waals surface area contributed by atoms with E-state index in [-0.39, 0.29) is 11.6 Å². The first-order valence-electron chi connectivity index (χ1n) is 5.64. The highest BCUT2D eigenvalue weighted by atomic mass is 32.1. The molecule has 0 bridgehead atoms. The summed E-state index contributed by atoms with van der Waals surface area (Å²) >= 11 is 1.27. The Morgan fingerprint density at radius 2 is 2.11 bits per heavy atom. The van der Waals surface area contributed by atoms with Gasteiger partial charge in [-0.3, -0.25) is 0 Å². The molecule has 0 saturated carbocycles. The summed E-state index contributed by atoms with van der Waals surface area (Å²) in [5, 5.41) is 12.3. The second kappa shape index (κ2) is 5.49. The topological polar surface area (TPSA) is 37.8 Å². The van der Waals surface area contributed by atoms with Crippen LogP contribution in [0.25, 0.3) is 10.6 Å². The zero-order chi connectivity index (χ0) is 13.1. The first-order chi connectivity index (χ1) is 8.61. The van der Waals surface area contributed by atoms with Gasteiger partial charge >= 0.3 is 0 Å². The maximum atomic E-state index is 13.6. The van der Waals surface area contributed by atoms with E-state index in [1.165, 1.54) is 11.3 Å². The van der Waals surface area contributed by atoms with Gasteiger partial charge in [-0.05, 0) is 31.7 Å². The molecule has 3 nitrogen and oxygen atoms in total. The molecule has 1 unspecified atom stereocenters. The molecule has 0 aliphatic carbocycles. The molecule has 0 aliphatic rings. The minimum Gasteiger partial charge on any atom is -0.308 e. The molecular weight excluding hydrogens is 256 g/mol. The van der Waals surface area contributed by atoms with Gasteiger partial charge in [0.15, 0.2) is 5.01 Å². The van der Waals surface area contributed by atoms with Crippen molar-refractivity contribution in [3.8, 4) is 10.6 Å². The average Bonchev–Trinajstić information content (AvgIpc) is 2.82. The molecule has 1 aromatic heterocycles. The predicted molar refractivity (Wildman–Crippen MR) is 67.4 cm³/mol. The van der Waals surface area contributed by atoms with Crippen LogP contribution in [0, 0.1) is 11.6 Å². The SMILES string of the molecule is CCNC(C)c1nnc(-c2cc(F)ccc2F)s1. The van der Waals surface area contributed by atoms with Gasteiger partial charge in [0.1, 0.15) is 16.6 Å². The third-order valence-corrected chi connectivity index (χ3v) is 3.62. The van der Waals surface area contributed by atoms with Crippen molar-refractivity contribution >= 4 is 11.3 Å². The highest BCUT2D eigenvalue weighted by Gasteiger charge is 2.15. The molecule has 0 fully saturated rings. The Balaban J connectivity index is 2.32. The van der Waals surface area contributed by atoms with Crippen LogP contribution in [0.15, 0.2) is 18.2 Å². The summed E-state index contributed by atoms with van der Waals surface area (Å²) in [5.74, 6) is -0.974. The second-order valence-corrected chi connectivity index (χ2v) is 4.86. The Morgan fingerprint density at radius 3 is 2.83 bits per heavy atom. The average molecular weight is 269 g/mol. The Morgan fingerprint density at radius 1 is 1.33 bits per heavy atom. The van der Waals surface area contributed by atoms with Crippen molar-refractivity contribution in [3.05, 3.63) is 34.8 Å². The first-order valence-corrected chi connectivity index (χ1v) is 6.45. The molecular formula is C12H13F2N3S. The summed E-state index contributed by atoms with van der Waals surface area (Å²) in [6.07, 6.45) is 0. The summed E-state index contributed by atoms with van der Waals surface area (Å²) < 4.78 is 26.7. The van der Waals surface area contributed by atoms with Gasteiger partial charge in [-0.1, -0.05) is 18.3 Å². The van der Waals surface area contributed by atoms with Crippen molar-refractivity contribution in [1.29, 1.82) is 0 Å². The molecule has 0 aliphatic heterocycles. The van der Waals surface area contributed by atoms with E-state index >= 15 is 0 Å². The summed E-state index contributed by atoms with van der Waals surface area (Å²) in [7, 11) is 0. The molecule has 0 spiro atoms. The monoisotopic (exact) mass is 269 g/mol. The zero-order valence-electron chi connectivity index (χ0n) is 10.1. The van der Waals surface area contributed by atoms with Gasteiger partial charge in [0, 0.05) is 0 Å². The lowest BCUT2D eigenvalue weighted by Crippen LogP contribution is -2.17. The number of nitrogens with zero attached hydrogens (tertiary/aromatic N) is 2. The lowest BCUT2D eigenvalue weighted by Gasteiger charge is -2.06. The van der Waals surface area contributed by atoms with Gasteiger partial charge in [0.2, 0.25) is 0 Å². The molecule has 2 aromatic rings. The highest BCUT2D eigenvalue weighted by Crippen LogP contribution is 2.29. The second-order valence-electron chi connectivity index (χ2n) is 3.85. The van der Waals surface area contributed by atoms with Crippen LogP contribution in [0.3, 0.4) is 0 Å². The number of halogens is 2. The molecule has 0 radical (unpaired) electrons. The molecule has 6 heteroatoms. The highest BCUT2D eigenvalue weighted by molar-refractivity contribution is 7.14. The first kappa shape index (κ1) is 13.0. The van der Waals surface area contributed by atoms with E-state index in [1.807, 2.05) is 13.8 Å². The fourth-order valence-electron chi connectivity index (χ4n) is 1.57.